The number of carboxylic acid groups (broad SMARTS) is 1. The molecule has 1 N–H and O–H groups in total. The summed E-state index contributed by atoms with van der Waals surface area (Å²) in [6, 6.07) is 14.6. The number of likely N-dealkylation sites (tertiary alicyclic amines) is 1. The highest BCUT2D eigenvalue weighted by molar-refractivity contribution is 6.30. The minimum atomic E-state index is -1.16. The molecule has 0 spiro atoms. The van der Waals surface area contributed by atoms with Crippen LogP contribution >= 0.6 is 11.6 Å². The number of aliphatic carboxylic acids is 1. The lowest BCUT2D eigenvalue weighted by atomic mass is 9.79. The predicted octanol–water partition coefficient (Wildman–Crippen LogP) is 6.15. The Morgan fingerprint density at radius 2 is 2.06 bits per heavy atom. The van der Waals surface area contributed by atoms with Crippen molar-refractivity contribution in [1.82, 2.24) is 9.88 Å². The Kier molecular flexibility index (Phi) is 8.79. The van der Waals surface area contributed by atoms with Gasteiger partial charge in [-0.15, -0.1) is 0 Å². The molecule has 0 radical (unpaired) electrons. The van der Waals surface area contributed by atoms with Crippen LogP contribution in [0.4, 0.5) is 4.39 Å². The van der Waals surface area contributed by atoms with E-state index in [-0.39, 0.29) is 18.3 Å². The minimum Gasteiger partial charge on any atom is -0.497 e. The van der Waals surface area contributed by atoms with Crippen molar-refractivity contribution in [3.63, 3.8) is 0 Å². The van der Waals surface area contributed by atoms with Crippen LogP contribution in [0.5, 0.6) is 5.75 Å². The number of nitrogens with zero attached hydrogens (tertiary/aromatic N) is 2. The molecule has 1 aromatic heterocycles. The number of pyridine rings is 1. The Morgan fingerprint density at radius 1 is 1.25 bits per heavy atom. The van der Waals surface area contributed by atoms with E-state index >= 15 is 4.39 Å². The summed E-state index contributed by atoms with van der Waals surface area (Å²) in [5, 5.41) is 10.9. The van der Waals surface area contributed by atoms with Gasteiger partial charge < -0.3 is 9.84 Å². The van der Waals surface area contributed by atoms with Gasteiger partial charge >= 0.3 is 5.97 Å². The highest BCUT2D eigenvalue weighted by Crippen LogP contribution is 2.36. The maximum atomic E-state index is 15.5. The Bertz CT molecular complexity index is 1250. The largest absolute Gasteiger partial charge is 0.497 e. The zero-order chi connectivity index (χ0) is 25.5. The van der Waals surface area contributed by atoms with Crippen molar-refractivity contribution < 1.29 is 19.0 Å². The zero-order valence-corrected chi connectivity index (χ0v) is 21.0. The number of halogens is 2. The van der Waals surface area contributed by atoms with E-state index < -0.39 is 12.1 Å². The molecule has 0 aliphatic carbocycles. The van der Waals surface area contributed by atoms with E-state index in [9.17, 15) is 9.90 Å². The third-order valence-electron chi connectivity index (χ3n) is 6.90. The molecule has 36 heavy (non-hydrogen) atoms. The fraction of sp³-hybridized carbons (Fsp3) is 0.379. The van der Waals surface area contributed by atoms with Gasteiger partial charge in [0.05, 0.1) is 19.2 Å². The van der Waals surface area contributed by atoms with Crippen LogP contribution in [-0.4, -0.2) is 47.7 Å². The van der Waals surface area contributed by atoms with Crippen molar-refractivity contribution in [3.05, 3.63) is 70.9 Å². The van der Waals surface area contributed by atoms with Crippen molar-refractivity contribution in [1.29, 1.82) is 0 Å². The Balaban J connectivity index is 1.38. The zero-order valence-electron chi connectivity index (χ0n) is 20.3. The molecule has 0 bridgehead atoms. The maximum Gasteiger partial charge on any atom is 0.303 e. The fourth-order valence-corrected chi connectivity index (χ4v) is 5.11. The number of alkyl halides is 1. The molecule has 1 aliphatic heterocycles. The first-order valence-electron chi connectivity index (χ1n) is 12.2. The van der Waals surface area contributed by atoms with E-state index in [1.54, 1.807) is 19.4 Å². The fourth-order valence-electron chi connectivity index (χ4n) is 4.98. The molecule has 1 saturated heterocycles. The number of piperidine rings is 1. The second-order valence-corrected chi connectivity index (χ2v) is 9.72. The summed E-state index contributed by atoms with van der Waals surface area (Å²) in [6.07, 6.45) is 2.37. The van der Waals surface area contributed by atoms with Gasteiger partial charge in [0, 0.05) is 35.1 Å². The van der Waals surface area contributed by atoms with Gasteiger partial charge in [-0.3, -0.25) is 14.7 Å². The Hall–Kier alpha value is -3.14. The van der Waals surface area contributed by atoms with Gasteiger partial charge in [0.1, 0.15) is 11.9 Å². The lowest BCUT2D eigenvalue weighted by Crippen LogP contribution is -2.41. The summed E-state index contributed by atoms with van der Waals surface area (Å²) in [6.45, 7) is 2.04. The van der Waals surface area contributed by atoms with Crippen LogP contribution in [0.15, 0.2) is 54.7 Å². The van der Waals surface area contributed by atoms with Gasteiger partial charge in [-0.2, -0.15) is 0 Å². The van der Waals surface area contributed by atoms with Crippen LogP contribution in [0.3, 0.4) is 0 Å². The molecule has 1 aliphatic rings. The molecule has 5 nitrogen and oxygen atoms in total. The van der Waals surface area contributed by atoms with Crippen LogP contribution in [0, 0.1) is 23.7 Å². The first-order chi connectivity index (χ1) is 17.4. The summed E-state index contributed by atoms with van der Waals surface area (Å²) in [4.78, 5) is 18.1. The third kappa shape index (κ3) is 6.75. The average Bonchev–Trinajstić information content (AvgIpc) is 2.88. The van der Waals surface area contributed by atoms with E-state index in [4.69, 9.17) is 16.3 Å². The summed E-state index contributed by atoms with van der Waals surface area (Å²) in [5.41, 5.74) is 2.22. The molecule has 1 fully saturated rings. The topological polar surface area (TPSA) is 62.7 Å². The first-order valence-corrected chi connectivity index (χ1v) is 12.6. The molecular weight excluding hydrogens is 479 g/mol. The third-order valence-corrected chi connectivity index (χ3v) is 7.15. The van der Waals surface area contributed by atoms with Crippen molar-refractivity contribution >= 4 is 28.5 Å². The second kappa shape index (κ2) is 12.2. The number of aromatic nitrogens is 1. The SMILES string of the molecule is COc1ccc2nccc(C(F)CC[C@@H]3CCN(CC#Cc4ccc(Cl)cc4)C[C@@H]3CC(=O)O)c2c1. The lowest BCUT2D eigenvalue weighted by molar-refractivity contribution is -0.139. The number of hydrogen-bond donors (Lipinski definition) is 1. The van der Waals surface area contributed by atoms with E-state index in [0.717, 1.165) is 29.4 Å². The minimum absolute atomic E-state index is 0.0324. The van der Waals surface area contributed by atoms with E-state index in [2.05, 4.69) is 21.7 Å². The average molecular weight is 509 g/mol. The predicted molar refractivity (Wildman–Crippen MR) is 140 cm³/mol. The molecule has 188 valence electrons. The van der Waals surface area contributed by atoms with Gasteiger partial charge in [-0.1, -0.05) is 23.4 Å². The number of methoxy groups -OCH3 is 1. The molecule has 1 unspecified atom stereocenters. The number of carboxylic acids is 1. The molecule has 3 atom stereocenters. The highest BCUT2D eigenvalue weighted by atomic mass is 35.5. The summed E-state index contributed by atoms with van der Waals surface area (Å²) in [7, 11) is 1.59. The van der Waals surface area contributed by atoms with Crippen LogP contribution in [0.1, 0.15) is 43.0 Å². The van der Waals surface area contributed by atoms with Crippen LogP contribution in [0.25, 0.3) is 10.9 Å². The van der Waals surface area contributed by atoms with Crippen LogP contribution in [-0.2, 0) is 4.79 Å². The number of hydrogen-bond acceptors (Lipinski definition) is 4. The van der Waals surface area contributed by atoms with E-state index in [0.29, 0.717) is 42.3 Å². The van der Waals surface area contributed by atoms with Crippen molar-refractivity contribution in [2.24, 2.45) is 11.8 Å². The van der Waals surface area contributed by atoms with Gasteiger partial charge in [0.25, 0.3) is 0 Å². The molecule has 2 aromatic carbocycles. The maximum absolute atomic E-state index is 15.5. The highest BCUT2D eigenvalue weighted by Gasteiger charge is 2.31. The van der Waals surface area contributed by atoms with Gasteiger partial charge in [0.2, 0.25) is 0 Å². The monoisotopic (exact) mass is 508 g/mol. The van der Waals surface area contributed by atoms with Crippen molar-refractivity contribution in [2.75, 3.05) is 26.7 Å². The van der Waals surface area contributed by atoms with Crippen molar-refractivity contribution in [3.8, 4) is 17.6 Å². The lowest BCUT2D eigenvalue weighted by Gasteiger charge is -2.37. The second-order valence-electron chi connectivity index (χ2n) is 9.28. The number of fused-ring (bicyclic) bond motifs is 1. The number of carbonyl (C=O) groups is 1. The number of ether oxygens (including phenoxy) is 1. The normalized spacial score (nSPS) is 18.9. The van der Waals surface area contributed by atoms with E-state index in [1.807, 2.05) is 42.5 Å². The Morgan fingerprint density at radius 3 is 2.81 bits per heavy atom. The first kappa shape index (κ1) is 25.9. The summed E-state index contributed by atoms with van der Waals surface area (Å²) in [5.74, 6) is 6.29. The van der Waals surface area contributed by atoms with Gasteiger partial charge in [-0.25, -0.2) is 4.39 Å². The quantitative estimate of drug-likeness (QED) is 0.370. The number of rotatable bonds is 8. The molecule has 0 amide bonds. The summed E-state index contributed by atoms with van der Waals surface area (Å²) >= 11 is 5.92. The molecule has 3 aromatic rings. The van der Waals surface area contributed by atoms with Crippen LogP contribution < -0.4 is 4.74 Å². The number of benzene rings is 2. The molecule has 0 saturated carbocycles. The van der Waals surface area contributed by atoms with Crippen LogP contribution in [0.2, 0.25) is 5.02 Å². The standard InChI is InChI=1S/C29H30ClFN2O3/c1-36-24-9-11-28-26(18-24)25(12-14-32-28)27(31)10-6-21-13-16-33(19-22(21)17-29(34)35)15-2-3-20-4-7-23(30)8-5-20/h4-5,7-9,11-12,14,18,21-22,27H,6,10,13,15-17,19H2,1H3,(H,34,35)/t21-,22+,27?/m1/s1. The smallest absolute Gasteiger partial charge is 0.303 e. The van der Waals surface area contributed by atoms with Crippen molar-refractivity contribution in [2.45, 2.75) is 31.9 Å². The van der Waals surface area contributed by atoms with E-state index in [1.165, 1.54) is 0 Å². The van der Waals surface area contributed by atoms with Gasteiger partial charge in [-0.05, 0) is 91.7 Å². The Labute approximate surface area is 216 Å². The van der Waals surface area contributed by atoms with Gasteiger partial charge in [0.15, 0.2) is 0 Å². The molecular formula is C29H30ClFN2O3. The molecule has 7 heteroatoms. The summed E-state index contributed by atoms with van der Waals surface area (Å²) < 4.78 is 20.8. The molecule has 2 heterocycles. The molecule has 4 rings (SSSR count).